The van der Waals surface area contributed by atoms with Crippen molar-refractivity contribution in [3.05, 3.63) is 71.9 Å². The van der Waals surface area contributed by atoms with Crippen molar-refractivity contribution in [3.63, 3.8) is 0 Å². The van der Waals surface area contributed by atoms with Crippen LogP contribution in [0.2, 0.25) is 0 Å². The maximum Gasteiger partial charge on any atom is 0.340 e. The van der Waals surface area contributed by atoms with Crippen molar-refractivity contribution in [2.75, 3.05) is 13.7 Å². The summed E-state index contributed by atoms with van der Waals surface area (Å²) < 4.78 is 11.9. The Morgan fingerprint density at radius 2 is 1.73 bits per heavy atom. The number of esters is 2. The number of benzene rings is 2. The maximum atomic E-state index is 12.6. The SMILES string of the molecule is CCn1cc(C(=O)OCC(=O)NC(Cc2ccccc2)C(=O)OC)c2ccccc21. The molecule has 0 aliphatic heterocycles. The van der Waals surface area contributed by atoms with Gasteiger partial charge in [0.15, 0.2) is 6.61 Å². The maximum absolute atomic E-state index is 12.6. The predicted molar refractivity (Wildman–Crippen MR) is 112 cm³/mol. The Labute approximate surface area is 174 Å². The quantitative estimate of drug-likeness (QED) is 0.579. The number of carbonyl (C=O) groups is 3. The summed E-state index contributed by atoms with van der Waals surface area (Å²) >= 11 is 0. The number of aromatic nitrogens is 1. The average Bonchev–Trinajstić information content (AvgIpc) is 3.16. The zero-order valence-electron chi connectivity index (χ0n) is 17.0. The summed E-state index contributed by atoms with van der Waals surface area (Å²) in [6.45, 7) is 2.19. The molecule has 0 radical (unpaired) electrons. The third-order valence-electron chi connectivity index (χ3n) is 4.79. The van der Waals surface area contributed by atoms with Crippen molar-refractivity contribution in [3.8, 4) is 0 Å². The van der Waals surface area contributed by atoms with Gasteiger partial charge in [-0.1, -0.05) is 48.5 Å². The molecule has 1 N–H and O–H groups in total. The third-order valence-corrected chi connectivity index (χ3v) is 4.79. The number of fused-ring (bicyclic) bond motifs is 1. The van der Waals surface area contributed by atoms with Gasteiger partial charge in [0.05, 0.1) is 12.7 Å². The molecule has 0 saturated heterocycles. The number of hydrogen-bond acceptors (Lipinski definition) is 5. The number of ether oxygens (including phenoxy) is 2. The summed E-state index contributed by atoms with van der Waals surface area (Å²) in [7, 11) is 1.26. The number of hydrogen-bond donors (Lipinski definition) is 1. The number of para-hydroxylation sites is 1. The average molecular weight is 408 g/mol. The van der Waals surface area contributed by atoms with E-state index in [2.05, 4.69) is 5.32 Å². The van der Waals surface area contributed by atoms with Gasteiger partial charge >= 0.3 is 11.9 Å². The van der Waals surface area contributed by atoms with Crippen LogP contribution in [0.15, 0.2) is 60.8 Å². The van der Waals surface area contributed by atoms with Crippen molar-refractivity contribution in [1.29, 1.82) is 0 Å². The number of nitrogens with one attached hydrogen (secondary N) is 1. The minimum Gasteiger partial charge on any atom is -0.467 e. The lowest BCUT2D eigenvalue weighted by Crippen LogP contribution is -2.44. The van der Waals surface area contributed by atoms with Crippen LogP contribution in [0.3, 0.4) is 0 Å². The largest absolute Gasteiger partial charge is 0.467 e. The molecule has 0 saturated carbocycles. The first-order valence-corrected chi connectivity index (χ1v) is 9.69. The van der Waals surface area contributed by atoms with Crippen molar-refractivity contribution < 1.29 is 23.9 Å². The van der Waals surface area contributed by atoms with Crippen LogP contribution in [0.5, 0.6) is 0 Å². The van der Waals surface area contributed by atoms with Gasteiger partial charge in [-0.15, -0.1) is 0 Å². The van der Waals surface area contributed by atoms with Gasteiger partial charge < -0.3 is 19.4 Å². The highest BCUT2D eigenvalue weighted by Crippen LogP contribution is 2.22. The van der Waals surface area contributed by atoms with E-state index < -0.39 is 30.5 Å². The molecule has 2 aromatic carbocycles. The fourth-order valence-corrected chi connectivity index (χ4v) is 3.30. The van der Waals surface area contributed by atoms with Crippen molar-refractivity contribution >= 4 is 28.7 Å². The smallest absolute Gasteiger partial charge is 0.340 e. The van der Waals surface area contributed by atoms with E-state index in [-0.39, 0.29) is 6.42 Å². The van der Waals surface area contributed by atoms with Gasteiger partial charge in [-0.05, 0) is 18.6 Å². The zero-order valence-corrected chi connectivity index (χ0v) is 17.0. The molecule has 7 heteroatoms. The third kappa shape index (κ3) is 4.86. The molecule has 3 aromatic rings. The van der Waals surface area contributed by atoms with Gasteiger partial charge in [-0.2, -0.15) is 0 Å². The minimum absolute atomic E-state index is 0.275. The lowest BCUT2D eigenvalue weighted by Gasteiger charge is -2.16. The van der Waals surface area contributed by atoms with Crippen molar-refractivity contribution in [2.24, 2.45) is 0 Å². The first-order chi connectivity index (χ1) is 14.5. The molecule has 30 heavy (non-hydrogen) atoms. The highest BCUT2D eigenvalue weighted by atomic mass is 16.5. The highest BCUT2D eigenvalue weighted by Gasteiger charge is 2.23. The van der Waals surface area contributed by atoms with E-state index in [9.17, 15) is 14.4 Å². The monoisotopic (exact) mass is 408 g/mol. The van der Waals surface area contributed by atoms with Crippen LogP contribution < -0.4 is 5.32 Å². The molecule has 1 unspecified atom stereocenters. The Hall–Kier alpha value is -3.61. The van der Waals surface area contributed by atoms with Gasteiger partial charge in [0, 0.05) is 30.1 Å². The molecule has 0 bridgehead atoms. The summed E-state index contributed by atoms with van der Waals surface area (Å²) in [6, 6.07) is 15.9. The molecule has 1 heterocycles. The standard InChI is InChI=1S/C23H24N2O5/c1-3-25-14-18(17-11-7-8-12-20(17)25)22(27)30-15-21(26)24-19(23(28)29-2)13-16-9-5-4-6-10-16/h4-12,14,19H,3,13,15H2,1-2H3,(H,24,26). The first-order valence-electron chi connectivity index (χ1n) is 9.69. The summed E-state index contributed by atoms with van der Waals surface area (Å²) in [5.41, 5.74) is 2.19. The number of methoxy groups -OCH3 is 1. The number of rotatable bonds is 8. The van der Waals surface area contributed by atoms with Crippen molar-refractivity contribution in [1.82, 2.24) is 9.88 Å². The van der Waals surface area contributed by atoms with E-state index in [0.717, 1.165) is 16.5 Å². The van der Waals surface area contributed by atoms with Gasteiger partial charge in [0.2, 0.25) is 0 Å². The second-order valence-electron chi connectivity index (χ2n) is 6.76. The minimum atomic E-state index is -0.870. The molecule has 156 valence electrons. The fourth-order valence-electron chi connectivity index (χ4n) is 3.30. The molecule has 3 rings (SSSR count). The summed E-state index contributed by atoms with van der Waals surface area (Å²) in [6.07, 6.45) is 1.99. The molecular weight excluding hydrogens is 384 g/mol. The Kier molecular flexibility index (Phi) is 6.85. The predicted octanol–water partition coefficient (Wildman–Crippen LogP) is 2.72. The lowest BCUT2D eigenvalue weighted by molar-refractivity contribution is -0.145. The lowest BCUT2D eigenvalue weighted by atomic mass is 10.1. The second kappa shape index (κ2) is 9.73. The van der Waals surface area contributed by atoms with Crippen molar-refractivity contribution in [2.45, 2.75) is 25.9 Å². The van der Waals surface area contributed by atoms with Crippen LogP contribution in [-0.4, -0.2) is 42.2 Å². The molecule has 1 aromatic heterocycles. The molecule has 1 amide bonds. The van der Waals surface area contributed by atoms with E-state index >= 15 is 0 Å². The Bertz CT molecular complexity index is 1040. The van der Waals surface area contributed by atoms with Gasteiger partial charge in [-0.3, -0.25) is 4.79 Å². The van der Waals surface area contributed by atoms with E-state index in [1.165, 1.54) is 7.11 Å². The Morgan fingerprint density at radius 3 is 2.43 bits per heavy atom. The van der Waals surface area contributed by atoms with Crippen LogP contribution in [0.1, 0.15) is 22.8 Å². The van der Waals surface area contributed by atoms with E-state index in [1.807, 2.05) is 66.1 Å². The van der Waals surface area contributed by atoms with Crippen LogP contribution in [0, 0.1) is 0 Å². The van der Waals surface area contributed by atoms with Crippen LogP contribution in [0.4, 0.5) is 0 Å². The Balaban J connectivity index is 1.64. The van der Waals surface area contributed by atoms with Crippen LogP contribution in [-0.2, 0) is 32.0 Å². The van der Waals surface area contributed by atoms with E-state index in [4.69, 9.17) is 9.47 Å². The normalized spacial score (nSPS) is 11.7. The number of carbonyl (C=O) groups excluding carboxylic acids is 3. The number of amides is 1. The van der Waals surface area contributed by atoms with E-state index in [0.29, 0.717) is 12.1 Å². The summed E-state index contributed by atoms with van der Waals surface area (Å²) in [5, 5.41) is 3.35. The number of nitrogens with zero attached hydrogens (tertiary/aromatic N) is 1. The highest BCUT2D eigenvalue weighted by molar-refractivity contribution is 6.05. The van der Waals surface area contributed by atoms with Gasteiger partial charge in [0.1, 0.15) is 6.04 Å². The molecule has 0 aliphatic carbocycles. The Morgan fingerprint density at radius 1 is 1.03 bits per heavy atom. The first kappa shape index (κ1) is 21.1. The molecule has 7 nitrogen and oxygen atoms in total. The van der Waals surface area contributed by atoms with Gasteiger partial charge in [-0.25, -0.2) is 9.59 Å². The molecule has 0 fully saturated rings. The van der Waals surface area contributed by atoms with E-state index in [1.54, 1.807) is 6.20 Å². The molecule has 1 atom stereocenters. The van der Waals surface area contributed by atoms with Crippen LogP contribution in [0.25, 0.3) is 10.9 Å². The topological polar surface area (TPSA) is 86.6 Å². The zero-order chi connectivity index (χ0) is 21.5. The molecular formula is C23H24N2O5. The summed E-state index contributed by atoms with van der Waals surface area (Å²) in [5.74, 6) is -1.73. The molecule has 0 aliphatic rings. The van der Waals surface area contributed by atoms with Gasteiger partial charge in [0.25, 0.3) is 5.91 Å². The molecule has 0 spiro atoms. The summed E-state index contributed by atoms with van der Waals surface area (Å²) in [4.78, 5) is 36.9. The fraction of sp³-hybridized carbons (Fsp3) is 0.261. The van der Waals surface area contributed by atoms with Crippen LogP contribution >= 0.6 is 0 Å². The second-order valence-corrected chi connectivity index (χ2v) is 6.76. The number of aryl methyl sites for hydroxylation is 1.